The van der Waals surface area contributed by atoms with Crippen molar-refractivity contribution in [3.05, 3.63) is 89.5 Å². The van der Waals surface area contributed by atoms with Crippen LogP contribution in [0, 0.1) is 0 Å². The quantitative estimate of drug-likeness (QED) is 0.230. The van der Waals surface area contributed by atoms with E-state index in [4.69, 9.17) is 9.05 Å². The lowest BCUT2D eigenvalue weighted by Gasteiger charge is -2.17. The van der Waals surface area contributed by atoms with Crippen molar-refractivity contribution in [2.45, 2.75) is 5.33 Å². The standard InChI is InChI=1S/C23H22BrO3P/c1-26-28(25,27-2)23-16-22(20-11-9-19(17-24)10-12-20)15-14-21(23)13-8-18-6-4-3-5-7-18/h3-16H,17H2,1-2H3. The molecule has 3 rings (SSSR count). The van der Waals surface area contributed by atoms with Gasteiger partial charge in [-0.05, 0) is 33.9 Å². The average Bonchev–Trinajstić information content (AvgIpc) is 2.78. The first-order valence-corrected chi connectivity index (χ1v) is 11.5. The number of hydrogen-bond acceptors (Lipinski definition) is 3. The van der Waals surface area contributed by atoms with Crippen molar-refractivity contribution < 1.29 is 13.6 Å². The molecule has 0 fully saturated rings. The molecule has 0 aliphatic heterocycles. The zero-order valence-electron chi connectivity index (χ0n) is 15.8. The van der Waals surface area contributed by atoms with Gasteiger partial charge < -0.3 is 9.05 Å². The summed E-state index contributed by atoms with van der Waals surface area (Å²) in [5, 5.41) is 1.36. The first-order chi connectivity index (χ1) is 13.6. The normalized spacial score (nSPS) is 11.8. The van der Waals surface area contributed by atoms with Crippen molar-refractivity contribution in [2.75, 3.05) is 14.2 Å². The highest BCUT2D eigenvalue weighted by Crippen LogP contribution is 2.47. The first-order valence-electron chi connectivity index (χ1n) is 8.84. The Morgan fingerprint density at radius 3 is 2.11 bits per heavy atom. The van der Waals surface area contributed by atoms with Crippen molar-refractivity contribution in [3.63, 3.8) is 0 Å². The third-order valence-electron chi connectivity index (χ3n) is 4.50. The van der Waals surface area contributed by atoms with Gasteiger partial charge in [-0.3, -0.25) is 4.57 Å². The molecule has 0 spiro atoms. The lowest BCUT2D eigenvalue weighted by molar-refractivity contribution is 0.287. The molecule has 0 unspecified atom stereocenters. The summed E-state index contributed by atoms with van der Waals surface area (Å²) < 4.78 is 23.8. The fourth-order valence-corrected chi connectivity index (χ4v) is 4.59. The maximum atomic E-state index is 13.2. The molecule has 0 aliphatic carbocycles. The van der Waals surface area contributed by atoms with Crippen molar-refractivity contribution in [3.8, 4) is 11.1 Å². The van der Waals surface area contributed by atoms with Gasteiger partial charge in [-0.1, -0.05) is 94.8 Å². The molecule has 3 aromatic carbocycles. The molecular formula is C23H22BrO3P. The van der Waals surface area contributed by atoms with Gasteiger partial charge in [-0.15, -0.1) is 0 Å². The minimum Gasteiger partial charge on any atom is -0.309 e. The molecule has 3 nitrogen and oxygen atoms in total. The molecule has 0 atom stereocenters. The third-order valence-corrected chi connectivity index (χ3v) is 7.09. The molecule has 0 saturated heterocycles. The molecular weight excluding hydrogens is 435 g/mol. The van der Waals surface area contributed by atoms with Gasteiger partial charge in [-0.25, -0.2) is 0 Å². The fraction of sp³-hybridized carbons (Fsp3) is 0.130. The fourth-order valence-electron chi connectivity index (χ4n) is 2.91. The molecule has 0 N–H and O–H groups in total. The van der Waals surface area contributed by atoms with Crippen LogP contribution in [-0.4, -0.2) is 14.2 Å². The van der Waals surface area contributed by atoms with Crippen LogP contribution in [0.2, 0.25) is 0 Å². The van der Waals surface area contributed by atoms with Gasteiger partial charge in [0.05, 0.1) is 5.30 Å². The van der Waals surface area contributed by atoms with Crippen LogP contribution in [0.15, 0.2) is 72.8 Å². The van der Waals surface area contributed by atoms with Gasteiger partial charge in [-0.2, -0.15) is 0 Å². The van der Waals surface area contributed by atoms with E-state index in [1.165, 1.54) is 19.8 Å². The second-order valence-corrected chi connectivity index (χ2v) is 8.98. The summed E-state index contributed by atoms with van der Waals surface area (Å²) in [5.74, 6) is 0. The summed E-state index contributed by atoms with van der Waals surface area (Å²) in [6.45, 7) is 0. The van der Waals surface area contributed by atoms with Crippen molar-refractivity contribution in [1.29, 1.82) is 0 Å². The van der Waals surface area contributed by atoms with Gasteiger partial charge in [0, 0.05) is 19.5 Å². The Morgan fingerprint density at radius 2 is 1.50 bits per heavy atom. The Morgan fingerprint density at radius 1 is 0.857 bits per heavy atom. The number of hydrogen-bond donors (Lipinski definition) is 0. The van der Waals surface area contributed by atoms with Crippen molar-refractivity contribution in [2.24, 2.45) is 0 Å². The highest BCUT2D eigenvalue weighted by molar-refractivity contribution is 9.08. The molecule has 28 heavy (non-hydrogen) atoms. The SMILES string of the molecule is COP(=O)(OC)c1cc(-c2ccc(CBr)cc2)ccc1C=Cc1ccccc1. The summed E-state index contributed by atoms with van der Waals surface area (Å²) >= 11 is 3.46. The van der Waals surface area contributed by atoms with Gasteiger partial charge in [0.2, 0.25) is 0 Å². The smallest absolute Gasteiger partial charge is 0.309 e. The average molecular weight is 457 g/mol. The predicted octanol–water partition coefficient (Wildman–Crippen LogP) is 6.53. The number of halogens is 1. The Bertz CT molecular complexity index is 990. The van der Waals surface area contributed by atoms with E-state index in [2.05, 4.69) is 40.2 Å². The second-order valence-electron chi connectivity index (χ2n) is 6.21. The van der Waals surface area contributed by atoms with E-state index in [1.807, 2.05) is 60.7 Å². The third kappa shape index (κ3) is 4.71. The Hall–Kier alpha value is -1.97. The highest BCUT2D eigenvalue weighted by atomic mass is 79.9. The zero-order chi connectivity index (χ0) is 20.0. The predicted molar refractivity (Wildman–Crippen MR) is 121 cm³/mol. The highest BCUT2D eigenvalue weighted by Gasteiger charge is 2.27. The number of benzene rings is 3. The molecule has 3 aromatic rings. The summed E-state index contributed by atoms with van der Waals surface area (Å²) in [7, 11) is -0.596. The van der Waals surface area contributed by atoms with E-state index in [9.17, 15) is 4.57 Å². The minimum absolute atomic E-state index is 0.548. The zero-order valence-corrected chi connectivity index (χ0v) is 18.3. The van der Waals surface area contributed by atoms with E-state index < -0.39 is 7.60 Å². The molecule has 0 aromatic heterocycles. The monoisotopic (exact) mass is 456 g/mol. The van der Waals surface area contributed by atoms with Crippen LogP contribution in [0.5, 0.6) is 0 Å². The van der Waals surface area contributed by atoms with Gasteiger partial charge >= 0.3 is 7.60 Å². The van der Waals surface area contributed by atoms with E-state index in [0.717, 1.165) is 27.6 Å². The molecule has 0 heterocycles. The lowest BCUT2D eigenvalue weighted by atomic mass is 10.0. The maximum Gasteiger partial charge on any atom is 0.361 e. The van der Waals surface area contributed by atoms with Crippen LogP contribution in [0.1, 0.15) is 16.7 Å². The van der Waals surface area contributed by atoms with Crippen LogP contribution in [-0.2, 0) is 18.9 Å². The van der Waals surface area contributed by atoms with Gasteiger partial charge in [0.1, 0.15) is 0 Å². The molecule has 0 amide bonds. The van der Waals surface area contributed by atoms with Crippen LogP contribution >= 0.6 is 23.5 Å². The van der Waals surface area contributed by atoms with Crippen LogP contribution < -0.4 is 5.30 Å². The summed E-state index contributed by atoms with van der Waals surface area (Å²) in [5.41, 5.74) is 5.07. The molecule has 0 saturated carbocycles. The summed E-state index contributed by atoms with van der Waals surface area (Å²) in [4.78, 5) is 0. The second kappa shape index (κ2) is 9.49. The topological polar surface area (TPSA) is 35.5 Å². The first kappa shape index (κ1) is 20.8. The molecule has 144 valence electrons. The lowest BCUT2D eigenvalue weighted by Crippen LogP contribution is -2.12. The van der Waals surface area contributed by atoms with E-state index in [0.29, 0.717) is 5.30 Å². The van der Waals surface area contributed by atoms with Crippen LogP contribution in [0.3, 0.4) is 0 Å². The molecule has 0 bridgehead atoms. The van der Waals surface area contributed by atoms with E-state index in [1.54, 1.807) is 0 Å². The summed E-state index contributed by atoms with van der Waals surface area (Å²) in [6.07, 6.45) is 3.92. The molecule has 0 radical (unpaired) electrons. The number of alkyl halides is 1. The van der Waals surface area contributed by atoms with E-state index in [-0.39, 0.29) is 0 Å². The molecule has 0 aliphatic rings. The van der Waals surface area contributed by atoms with Crippen molar-refractivity contribution in [1.82, 2.24) is 0 Å². The maximum absolute atomic E-state index is 13.2. The Kier molecular flexibility index (Phi) is 7.03. The largest absolute Gasteiger partial charge is 0.361 e. The van der Waals surface area contributed by atoms with Gasteiger partial charge in [0.15, 0.2) is 0 Å². The van der Waals surface area contributed by atoms with Gasteiger partial charge in [0.25, 0.3) is 0 Å². The van der Waals surface area contributed by atoms with Crippen molar-refractivity contribution >= 4 is 41.0 Å². The molecule has 5 heteroatoms. The van der Waals surface area contributed by atoms with Crippen LogP contribution in [0.25, 0.3) is 23.3 Å². The van der Waals surface area contributed by atoms with E-state index >= 15 is 0 Å². The Labute approximate surface area is 174 Å². The summed E-state index contributed by atoms with van der Waals surface area (Å²) in [6, 6.07) is 24.1. The van der Waals surface area contributed by atoms with Crippen LogP contribution in [0.4, 0.5) is 0 Å². The minimum atomic E-state index is -3.41. The number of rotatable bonds is 7. The Balaban J connectivity index is 2.06.